The summed E-state index contributed by atoms with van der Waals surface area (Å²) in [5, 5.41) is 9.15. The summed E-state index contributed by atoms with van der Waals surface area (Å²) < 4.78 is 10.8. The van der Waals surface area contributed by atoms with Crippen LogP contribution in [0, 0.1) is 0 Å². The molecule has 0 radical (unpaired) electrons. The highest BCUT2D eigenvalue weighted by Gasteiger charge is 2.20. The maximum atomic E-state index is 9.15. The number of hydrogen-bond donors (Lipinski definition) is 2. The van der Waals surface area contributed by atoms with Gasteiger partial charge in [0.05, 0.1) is 26.9 Å². The number of hydrogen-bond acceptors (Lipinski definition) is 4. The van der Waals surface area contributed by atoms with Crippen molar-refractivity contribution in [1.82, 2.24) is 0 Å². The Labute approximate surface area is 102 Å². The van der Waals surface area contributed by atoms with Gasteiger partial charge in [-0.2, -0.15) is 0 Å². The molecule has 0 saturated heterocycles. The zero-order valence-electron chi connectivity index (χ0n) is 10.9. The van der Waals surface area contributed by atoms with Crippen molar-refractivity contribution in [2.24, 2.45) is 5.73 Å². The summed E-state index contributed by atoms with van der Waals surface area (Å²) in [4.78, 5) is 0. The van der Waals surface area contributed by atoms with E-state index in [1.54, 1.807) is 14.2 Å². The first-order valence-electron chi connectivity index (χ1n) is 5.68. The lowest BCUT2D eigenvalue weighted by Crippen LogP contribution is -2.16. The molecule has 17 heavy (non-hydrogen) atoms. The zero-order chi connectivity index (χ0) is 13.0. The molecule has 3 N–H and O–H groups in total. The summed E-state index contributed by atoms with van der Waals surface area (Å²) >= 11 is 0. The summed E-state index contributed by atoms with van der Waals surface area (Å²) in [5.74, 6) is 1.75. The third kappa shape index (κ3) is 2.70. The smallest absolute Gasteiger partial charge is 0.130 e. The van der Waals surface area contributed by atoms with Crippen molar-refractivity contribution in [1.29, 1.82) is 0 Å². The second-order valence-corrected chi connectivity index (χ2v) is 4.25. The Hall–Kier alpha value is -1.26. The molecule has 96 valence electrons. The summed E-state index contributed by atoms with van der Waals surface area (Å²) in [7, 11) is 3.24. The lowest BCUT2D eigenvalue weighted by atomic mass is 9.95. The molecule has 0 aliphatic carbocycles. The molecule has 0 heterocycles. The van der Waals surface area contributed by atoms with Crippen molar-refractivity contribution in [3.05, 3.63) is 23.3 Å². The number of methoxy groups -OCH3 is 2. The SMILES string of the molecule is COc1ccc(C(N)CO)c(OC)c1C(C)C. The average Bonchev–Trinajstić information content (AvgIpc) is 2.35. The van der Waals surface area contributed by atoms with E-state index in [2.05, 4.69) is 13.8 Å². The van der Waals surface area contributed by atoms with Gasteiger partial charge in [0, 0.05) is 11.1 Å². The highest BCUT2D eigenvalue weighted by atomic mass is 16.5. The van der Waals surface area contributed by atoms with Gasteiger partial charge in [-0.3, -0.25) is 0 Å². The molecule has 0 spiro atoms. The molecule has 0 aliphatic heterocycles. The molecule has 1 aromatic carbocycles. The number of rotatable bonds is 5. The van der Waals surface area contributed by atoms with Crippen LogP contribution >= 0.6 is 0 Å². The topological polar surface area (TPSA) is 64.7 Å². The van der Waals surface area contributed by atoms with E-state index in [0.29, 0.717) is 5.75 Å². The quantitative estimate of drug-likeness (QED) is 0.822. The van der Waals surface area contributed by atoms with Gasteiger partial charge in [0.2, 0.25) is 0 Å². The van der Waals surface area contributed by atoms with Crippen LogP contribution in [0.15, 0.2) is 12.1 Å². The molecule has 1 atom stereocenters. The van der Waals surface area contributed by atoms with E-state index in [9.17, 15) is 0 Å². The van der Waals surface area contributed by atoms with Gasteiger partial charge in [-0.15, -0.1) is 0 Å². The number of nitrogens with two attached hydrogens (primary N) is 1. The van der Waals surface area contributed by atoms with Gasteiger partial charge in [-0.05, 0) is 18.1 Å². The Balaban J connectivity index is 3.40. The van der Waals surface area contributed by atoms with Crippen molar-refractivity contribution in [3.63, 3.8) is 0 Å². The van der Waals surface area contributed by atoms with E-state index < -0.39 is 6.04 Å². The van der Waals surface area contributed by atoms with Gasteiger partial charge in [0.1, 0.15) is 11.5 Å². The van der Waals surface area contributed by atoms with Gasteiger partial charge in [0.15, 0.2) is 0 Å². The molecule has 0 aromatic heterocycles. The van der Waals surface area contributed by atoms with Crippen molar-refractivity contribution < 1.29 is 14.6 Å². The maximum Gasteiger partial charge on any atom is 0.130 e. The Morgan fingerprint density at radius 3 is 2.29 bits per heavy atom. The monoisotopic (exact) mass is 239 g/mol. The lowest BCUT2D eigenvalue weighted by Gasteiger charge is -2.21. The summed E-state index contributed by atoms with van der Waals surface area (Å²) in [6.45, 7) is 4.02. The van der Waals surface area contributed by atoms with Crippen molar-refractivity contribution in [2.75, 3.05) is 20.8 Å². The Kier molecular flexibility index (Phi) is 4.78. The Morgan fingerprint density at radius 1 is 1.24 bits per heavy atom. The van der Waals surface area contributed by atoms with E-state index in [1.165, 1.54) is 0 Å². The van der Waals surface area contributed by atoms with Gasteiger partial charge >= 0.3 is 0 Å². The fourth-order valence-electron chi connectivity index (χ4n) is 1.94. The standard InChI is InChI=1S/C13H21NO3/c1-8(2)12-11(16-3)6-5-9(10(14)7-15)13(12)17-4/h5-6,8,10,15H,7,14H2,1-4H3. The summed E-state index contributed by atoms with van der Waals surface area (Å²) in [6, 6.07) is 3.26. The summed E-state index contributed by atoms with van der Waals surface area (Å²) in [5.41, 5.74) is 7.65. The maximum absolute atomic E-state index is 9.15. The van der Waals surface area contributed by atoms with Crippen molar-refractivity contribution in [3.8, 4) is 11.5 Å². The van der Waals surface area contributed by atoms with Crippen LogP contribution in [-0.4, -0.2) is 25.9 Å². The molecule has 1 rings (SSSR count). The van der Waals surface area contributed by atoms with Crippen LogP contribution in [0.1, 0.15) is 36.9 Å². The highest BCUT2D eigenvalue weighted by Crippen LogP contribution is 2.39. The normalized spacial score (nSPS) is 12.6. The Morgan fingerprint density at radius 2 is 1.88 bits per heavy atom. The first-order chi connectivity index (χ1) is 8.06. The molecular formula is C13H21NO3. The van der Waals surface area contributed by atoms with Gasteiger partial charge in [0.25, 0.3) is 0 Å². The third-order valence-corrected chi connectivity index (χ3v) is 2.78. The first kappa shape index (κ1) is 13.8. The highest BCUT2D eigenvalue weighted by molar-refractivity contribution is 5.52. The van der Waals surface area contributed by atoms with Crippen LogP contribution in [0.5, 0.6) is 11.5 Å². The van der Waals surface area contributed by atoms with E-state index >= 15 is 0 Å². The zero-order valence-corrected chi connectivity index (χ0v) is 10.9. The lowest BCUT2D eigenvalue weighted by molar-refractivity contribution is 0.264. The van der Waals surface area contributed by atoms with Gasteiger partial charge in [-0.1, -0.05) is 13.8 Å². The average molecular weight is 239 g/mol. The molecule has 0 amide bonds. The molecule has 4 heteroatoms. The second kappa shape index (κ2) is 5.89. The molecule has 1 aromatic rings. The van der Waals surface area contributed by atoms with Gasteiger partial charge < -0.3 is 20.3 Å². The molecule has 4 nitrogen and oxygen atoms in total. The number of benzene rings is 1. The number of ether oxygens (including phenoxy) is 2. The first-order valence-corrected chi connectivity index (χ1v) is 5.68. The fraction of sp³-hybridized carbons (Fsp3) is 0.538. The van der Waals surface area contributed by atoms with E-state index in [4.69, 9.17) is 20.3 Å². The minimum Gasteiger partial charge on any atom is -0.496 e. The van der Waals surface area contributed by atoms with E-state index in [-0.39, 0.29) is 12.5 Å². The predicted molar refractivity (Wildman–Crippen MR) is 67.6 cm³/mol. The largest absolute Gasteiger partial charge is 0.496 e. The van der Waals surface area contributed by atoms with E-state index in [1.807, 2.05) is 12.1 Å². The van der Waals surface area contributed by atoms with Crippen LogP contribution in [0.4, 0.5) is 0 Å². The van der Waals surface area contributed by atoms with Crippen LogP contribution in [0.3, 0.4) is 0 Å². The predicted octanol–water partition coefficient (Wildman–Crippen LogP) is 1.82. The number of aliphatic hydroxyl groups is 1. The van der Waals surface area contributed by atoms with Crippen LogP contribution in [0.2, 0.25) is 0 Å². The van der Waals surface area contributed by atoms with Gasteiger partial charge in [-0.25, -0.2) is 0 Å². The van der Waals surface area contributed by atoms with Crippen LogP contribution < -0.4 is 15.2 Å². The molecule has 0 aliphatic rings. The van der Waals surface area contributed by atoms with Crippen LogP contribution in [-0.2, 0) is 0 Å². The minimum absolute atomic E-state index is 0.111. The van der Waals surface area contributed by atoms with E-state index in [0.717, 1.165) is 16.9 Å². The molecule has 0 bridgehead atoms. The Bertz CT molecular complexity index is 377. The van der Waals surface area contributed by atoms with Crippen molar-refractivity contribution >= 4 is 0 Å². The summed E-state index contributed by atoms with van der Waals surface area (Å²) in [6.07, 6.45) is 0. The minimum atomic E-state index is -0.437. The molecule has 0 fully saturated rings. The molecule has 0 saturated carbocycles. The number of aliphatic hydroxyl groups excluding tert-OH is 1. The molecule has 1 unspecified atom stereocenters. The van der Waals surface area contributed by atoms with Crippen LogP contribution in [0.25, 0.3) is 0 Å². The van der Waals surface area contributed by atoms with Crippen molar-refractivity contribution in [2.45, 2.75) is 25.8 Å². The second-order valence-electron chi connectivity index (χ2n) is 4.25. The fourth-order valence-corrected chi connectivity index (χ4v) is 1.94. The molecular weight excluding hydrogens is 218 g/mol. The third-order valence-electron chi connectivity index (χ3n) is 2.78.